The van der Waals surface area contributed by atoms with Crippen LogP contribution in [-0.2, 0) is 4.74 Å². The Balaban J connectivity index is 2.58. The quantitative estimate of drug-likeness (QED) is 0.495. The van der Waals surface area contributed by atoms with E-state index in [1.165, 1.54) is 43.5 Å². The molecule has 0 aliphatic carbocycles. The van der Waals surface area contributed by atoms with Crippen molar-refractivity contribution in [1.29, 1.82) is 0 Å². The molecule has 98 valence electrons. The van der Waals surface area contributed by atoms with Crippen LogP contribution in [0.2, 0.25) is 0 Å². The molecule has 0 unspecified atom stereocenters. The number of rotatable bonds is 2. The van der Waals surface area contributed by atoms with Gasteiger partial charge in [0.15, 0.2) is 0 Å². The number of halogens is 1. The lowest BCUT2D eigenvalue weighted by atomic mass is 10.0. The van der Waals surface area contributed by atoms with Crippen molar-refractivity contribution in [2.24, 2.45) is 0 Å². The van der Waals surface area contributed by atoms with Gasteiger partial charge in [-0.15, -0.1) is 0 Å². The maximum atomic E-state index is 12.9. The molecule has 0 spiro atoms. The molecule has 0 saturated carbocycles. The molecule has 4 nitrogen and oxygen atoms in total. The van der Waals surface area contributed by atoms with Crippen LogP contribution in [0.4, 0.5) is 10.1 Å². The molecular weight excluding hydrogens is 249 g/mol. The van der Waals surface area contributed by atoms with Crippen LogP contribution < -0.4 is 5.73 Å². The fraction of sp³-hybridized carbons (Fsp3) is 0.0714. The van der Waals surface area contributed by atoms with Crippen LogP contribution in [0.15, 0.2) is 36.4 Å². The summed E-state index contributed by atoms with van der Waals surface area (Å²) in [5.41, 5.74) is 7.11. The van der Waals surface area contributed by atoms with Crippen molar-refractivity contribution in [3.63, 3.8) is 0 Å². The van der Waals surface area contributed by atoms with E-state index in [1.54, 1.807) is 0 Å². The minimum Gasteiger partial charge on any atom is -0.506 e. The predicted octanol–water partition coefficient (Wildman–Crippen LogP) is 2.57. The number of ether oxygens (including phenoxy) is 1. The second-order valence-electron chi connectivity index (χ2n) is 3.96. The molecule has 0 heterocycles. The van der Waals surface area contributed by atoms with Gasteiger partial charge < -0.3 is 15.6 Å². The Hall–Kier alpha value is -2.56. The number of nitrogen functional groups attached to an aromatic ring is 1. The van der Waals surface area contributed by atoms with Crippen molar-refractivity contribution in [1.82, 2.24) is 0 Å². The van der Waals surface area contributed by atoms with Crippen molar-refractivity contribution in [2.45, 2.75) is 0 Å². The van der Waals surface area contributed by atoms with E-state index in [-0.39, 0.29) is 22.8 Å². The molecule has 0 aliphatic heterocycles. The zero-order valence-corrected chi connectivity index (χ0v) is 10.2. The highest BCUT2D eigenvalue weighted by Gasteiger charge is 2.14. The van der Waals surface area contributed by atoms with E-state index < -0.39 is 5.97 Å². The van der Waals surface area contributed by atoms with E-state index in [2.05, 4.69) is 4.74 Å². The SMILES string of the molecule is COC(=O)c1cc(O)c(N)c(-c2ccc(F)cc2)c1. The summed E-state index contributed by atoms with van der Waals surface area (Å²) < 4.78 is 17.5. The maximum absolute atomic E-state index is 12.9. The summed E-state index contributed by atoms with van der Waals surface area (Å²) in [6.07, 6.45) is 0. The number of nitrogens with two attached hydrogens (primary N) is 1. The zero-order valence-electron chi connectivity index (χ0n) is 10.2. The zero-order chi connectivity index (χ0) is 14.0. The number of phenols is 1. The minimum absolute atomic E-state index is 0.124. The number of hydrogen-bond donors (Lipinski definition) is 2. The van der Waals surface area contributed by atoms with Crippen molar-refractivity contribution < 1.29 is 19.0 Å². The number of carbonyl (C=O) groups is 1. The van der Waals surface area contributed by atoms with Gasteiger partial charge in [0, 0.05) is 5.56 Å². The van der Waals surface area contributed by atoms with Gasteiger partial charge in [-0.3, -0.25) is 0 Å². The molecule has 0 bridgehead atoms. The van der Waals surface area contributed by atoms with Crippen LogP contribution in [0.25, 0.3) is 11.1 Å². The molecule has 0 amide bonds. The highest BCUT2D eigenvalue weighted by Crippen LogP contribution is 2.34. The Kier molecular flexibility index (Phi) is 3.37. The van der Waals surface area contributed by atoms with Crippen LogP contribution >= 0.6 is 0 Å². The fourth-order valence-electron chi connectivity index (χ4n) is 1.74. The van der Waals surface area contributed by atoms with Gasteiger partial charge in [-0.2, -0.15) is 0 Å². The fourth-order valence-corrected chi connectivity index (χ4v) is 1.74. The molecular formula is C14H12FNO3. The Morgan fingerprint density at radius 1 is 1.26 bits per heavy atom. The number of anilines is 1. The normalized spacial score (nSPS) is 10.2. The van der Waals surface area contributed by atoms with Crippen molar-refractivity contribution in [3.05, 3.63) is 47.8 Å². The smallest absolute Gasteiger partial charge is 0.338 e. The number of phenolic OH excluding ortho intramolecular Hbond substituents is 1. The number of methoxy groups -OCH3 is 1. The van der Waals surface area contributed by atoms with E-state index in [4.69, 9.17) is 5.73 Å². The van der Waals surface area contributed by atoms with Crippen molar-refractivity contribution in [3.8, 4) is 16.9 Å². The van der Waals surface area contributed by atoms with Gasteiger partial charge in [-0.1, -0.05) is 12.1 Å². The predicted molar refractivity (Wildman–Crippen MR) is 69.3 cm³/mol. The van der Waals surface area contributed by atoms with E-state index in [1.807, 2.05) is 0 Å². The lowest BCUT2D eigenvalue weighted by molar-refractivity contribution is 0.0600. The van der Waals surface area contributed by atoms with E-state index in [0.717, 1.165) is 0 Å². The Morgan fingerprint density at radius 3 is 2.47 bits per heavy atom. The molecule has 0 fully saturated rings. The molecule has 0 saturated heterocycles. The number of aromatic hydroxyl groups is 1. The van der Waals surface area contributed by atoms with E-state index >= 15 is 0 Å². The average Bonchev–Trinajstić information content (AvgIpc) is 2.42. The lowest BCUT2D eigenvalue weighted by Crippen LogP contribution is -2.03. The monoisotopic (exact) mass is 261 g/mol. The van der Waals surface area contributed by atoms with Crippen LogP contribution in [0.1, 0.15) is 10.4 Å². The third-order valence-electron chi connectivity index (χ3n) is 2.73. The first-order valence-corrected chi connectivity index (χ1v) is 5.49. The number of esters is 1. The first-order valence-electron chi connectivity index (χ1n) is 5.49. The number of carbonyl (C=O) groups excluding carboxylic acids is 1. The van der Waals surface area contributed by atoms with Crippen LogP contribution in [0.5, 0.6) is 5.75 Å². The lowest BCUT2D eigenvalue weighted by Gasteiger charge is -2.10. The highest BCUT2D eigenvalue weighted by atomic mass is 19.1. The topological polar surface area (TPSA) is 72.5 Å². The Morgan fingerprint density at radius 2 is 1.89 bits per heavy atom. The van der Waals surface area contributed by atoms with Gasteiger partial charge in [0.05, 0.1) is 18.4 Å². The third kappa shape index (κ3) is 2.49. The summed E-state index contributed by atoms with van der Waals surface area (Å²) in [6, 6.07) is 8.30. The third-order valence-corrected chi connectivity index (χ3v) is 2.73. The molecule has 2 aromatic rings. The van der Waals surface area contributed by atoms with Gasteiger partial charge in [-0.25, -0.2) is 9.18 Å². The van der Waals surface area contributed by atoms with Gasteiger partial charge in [0.25, 0.3) is 0 Å². The van der Waals surface area contributed by atoms with Gasteiger partial charge in [0.2, 0.25) is 0 Å². The minimum atomic E-state index is -0.585. The standard InChI is InChI=1S/C14H12FNO3/c1-19-14(18)9-6-11(13(16)12(17)7-9)8-2-4-10(15)5-3-8/h2-7,17H,16H2,1H3. The summed E-state index contributed by atoms with van der Waals surface area (Å²) in [4.78, 5) is 11.5. The van der Waals surface area contributed by atoms with Crippen LogP contribution in [0.3, 0.4) is 0 Å². The molecule has 0 radical (unpaired) electrons. The largest absolute Gasteiger partial charge is 0.506 e. The van der Waals surface area contributed by atoms with E-state index in [0.29, 0.717) is 11.1 Å². The maximum Gasteiger partial charge on any atom is 0.338 e. The average molecular weight is 261 g/mol. The first-order chi connectivity index (χ1) is 9.02. The van der Waals surface area contributed by atoms with E-state index in [9.17, 15) is 14.3 Å². The highest BCUT2D eigenvalue weighted by molar-refractivity contribution is 5.94. The summed E-state index contributed by atoms with van der Waals surface area (Å²) in [5.74, 6) is -1.18. The van der Waals surface area contributed by atoms with Gasteiger partial charge in [-0.05, 0) is 29.8 Å². The second-order valence-corrected chi connectivity index (χ2v) is 3.96. The molecule has 2 aromatic carbocycles. The molecule has 19 heavy (non-hydrogen) atoms. The summed E-state index contributed by atoms with van der Waals surface area (Å²) in [6.45, 7) is 0. The molecule has 5 heteroatoms. The van der Waals surface area contributed by atoms with Gasteiger partial charge >= 0.3 is 5.97 Å². The molecule has 0 aromatic heterocycles. The summed E-state index contributed by atoms with van der Waals surface area (Å²) in [7, 11) is 1.24. The Labute approximate surface area is 109 Å². The second kappa shape index (κ2) is 4.97. The van der Waals surface area contributed by atoms with Crippen LogP contribution in [0, 0.1) is 5.82 Å². The van der Waals surface area contributed by atoms with Crippen molar-refractivity contribution in [2.75, 3.05) is 12.8 Å². The van der Waals surface area contributed by atoms with Gasteiger partial charge in [0.1, 0.15) is 11.6 Å². The first kappa shape index (κ1) is 12.9. The number of benzene rings is 2. The Bertz CT molecular complexity index is 623. The van der Waals surface area contributed by atoms with Crippen molar-refractivity contribution >= 4 is 11.7 Å². The number of hydrogen-bond acceptors (Lipinski definition) is 4. The molecule has 3 N–H and O–H groups in total. The summed E-state index contributed by atoms with van der Waals surface area (Å²) >= 11 is 0. The summed E-state index contributed by atoms with van der Waals surface area (Å²) in [5, 5.41) is 9.73. The molecule has 2 rings (SSSR count). The molecule has 0 atom stereocenters. The molecule has 0 aliphatic rings. The van der Waals surface area contributed by atoms with Crippen LogP contribution in [-0.4, -0.2) is 18.2 Å².